The van der Waals surface area contributed by atoms with Crippen molar-refractivity contribution in [1.82, 2.24) is 14.8 Å². The second-order valence-corrected chi connectivity index (χ2v) is 10.3. The Kier molecular flexibility index (Phi) is 5.92. The van der Waals surface area contributed by atoms with Crippen molar-refractivity contribution in [1.29, 1.82) is 0 Å². The fourth-order valence-corrected chi connectivity index (χ4v) is 6.32. The van der Waals surface area contributed by atoms with E-state index < -0.39 is 12.1 Å². The highest BCUT2D eigenvalue weighted by molar-refractivity contribution is 5.97. The van der Waals surface area contributed by atoms with Crippen molar-refractivity contribution in [3.05, 3.63) is 77.0 Å². The maximum Gasteiger partial charge on any atom is 0.246 e. The Hall–Kier alpha value is -4.86. The number of hydrogen-bond donors (Lipinski definition) is 1. The van der Waals surface area contributed by atoms with E-state index in [1.807, 2.05) is 54.6 Å². The summed E-state index contributed by atoms with van der Waals surface area (Å²) in [5.41, 5.74) is 4.47. The number of H-pyrrole nitrogens is 1. The van der Waals surface area contributed by atoms with Gasteiger partial charge in [0.1, 0.15) is 12.6 Å². The molecule has 0 radical (unpaired) electrons. The van der Waals surface area contributed by atoms with E-state index in [9.17, 15) is 9.59 Å². The fourth-order valence-electron chi connectivity index (χ4n) is 6.32. The molecular formula is C31H29N3O7. The summed E-state index contributed by atoms with van der Waals surface area (Å²) in [6.45, 7) is 0.424. The van der Waals surface area contributed by atoms with E-state index in [-0.39, 0.29) is 25.2 Å². The Bertz CT molecular complexity index is 1670. The van der Waals surface area contributed by atoms with Crippen LogP contribution in [0.2, 0.25) is 0 Å². The van der Waals surface area contributed by atoms with Crippen molar-refractivity contribution in [2.75, 3.05) is 34.7 Å². The number of ether oxygens (including phenoxy) is 5. The highest BCUT2D eigenvalue weighted by atomic mass is 16.7. The Balaban J connectivity index is 1.33. The topological polar surface area (TPSA) is 103 Å². The number of methoxy groups -OCH3 is 3. The quantitative estimate of drug-likeness (QED) is 0.386. The molecule has 0 saturated carbocycles. The Morgan fingerprint density at radius 2 is 1.68 bits per heavy atom. The van der Waals surface area contributed by atoms with Crippen molar-refractivity contribution in [3.63, 3.8) is 0 Å². The van der Waals surface area contributed by atoms with Gasteiger partial charge in [-0.25, -0.2) is 0 Å². The zero-order chi connectivity index (χ0) is 28.2. The van der Waals surface area contributed by atoms with Gasteiger partial charge in [-0.05, 0) is 47.0 Å². The summed E-state index contributed by atoms with van der Waals surface area (Å²) < 4.78 is 27.8. The number of aromatic amines is 1. The van der Waals surface area contributed by atoms with Crippen LogP contribution in [0.25, 0.3) is 10.9 Å². The molecule has 1 saturated heterocycles. The van der Waals surface area contributed by atoms with Crippen molar-refractivity contribution in [2.45, 2.75) is 25.0 Å². The minimum Gasteiger partial charge on any atom is -0.493 e. The number of nitrogens with one attached hydrogen (secondary N) is 1. The van der Waals surface area contributed by atoms with Gasteiger partial charge in [-0.3, -0.25) is 9.59 Å². The maximum atomic E-state index is 14.1. The highest BCUT2D eigenvalue weighted by Crippen LogP contribution is 2.47. The second-order valence-electron chi connectivity index (χ2n) is 10.3. The van der Waals surface area contributed by atoms with Crippen LogP contribution in [0.4, 0.5) is 0 Å². The van der Waals surface area contributed by atoms with E-state index in [4.69, 9.17) is 23.7 Å². The average Bonchev–Trinajstić information content (AvgIpc) is 3.62. The van der Waals surface area contributed by atoms with Gasteiger partial charge >= 0.3 is 0 Å². The third-order valence-electron chi connectivity index (χ3n) is 8.16. The summed E-state index contributed by atoms with van der Waals surface area (Å²) in [5, 5.41) is 1.03. The third-order valence-corrected chi connectivity index (χ3v) is 8.16. The molecule has 2 amide bonds. The van der Waals surface area contributed by atoms with Crippen molar-refractivity contribution < 1.29 is 33.3 Å². The van der Waals surface area contributed by atoms with Gasteiger partial charge in [-0.15, -0.1) is 0 Å². The maximum absolute atomic E-state index is 14.1. The minimum atomic E-state index is -0.680. The lowest BCUT2D eigenvalue weighted by Gasteiger charge is -2.47. The summed E-state index contributed by atoms with van der Waals surface area (Å²) >= 11 is 0. The molecule has 1 N–H and O–H groups in total. The summed E-state index contributed by atoms with van der Waals surface area (Å²) in [6, 6.07) is 16.1. The predicted molar refractivity (Wildman–Crippen MR) is 149 cm³/mol. The van der Waals surface area contributed by atoms with E-state index in [1.54, 1.807) is 31.1 Å². The first-order valence-corrected chi connectivity index (χ1v) is 13.4. The molecule has 0 aliphatic carbocycles. The van der Waals surface area contributed by atoms with Gasteiger partial charge in [-0.1, -0.05) is 24.3 Å². The van der Waals surface area contributed by atoms with Crippen LogP contribution in [0, 0.1) is 0 Å². The molecule has 4 aromatic rings. The first-order chi connectivity index (χ1) is 20.0. The molecule has 1 aromatic heterocycles. The number of carbonyl (C=O) groups excluding carboxylic acids is 2. The first-order valence-electron chi connectivity index (χ1n) is 13.4. The van der Waals surface area contributed by atoms with E-state index in [1.165, 1.54) is 0 Å². The van der Waals surface area contributed by atoms with E-state index in [2.05, 4.69) is 4.98 Å². The molecule has 0 bridgehead atoms. The molecule has 2 atom stereocenters. The summed E-state index contributed by atoms with van der Waals surface area (Å²) in [6.07, 6.45) is 0.405. The van der Waals surface area contributed by atoms with Gasteiger partial charge < -0.3 is 38.5 Å². The molecule has 1 fully saturated rings. The van der Waals surface area contributed by atoms with Crippen LogP contribution in [0.15, 0.2) is 54.6 Å². The van der Waals surface area contributed by atoms with Crippen LogP contribution in [-0.4, -0.2) is 67.3 Å². The van der Waals surface area contributed by atoms with Gasteiger partial charge in [0.2, 0.25) is 24.4 Å². The number of aromatic nitrogens is 1. The molecule has 4 heterocycles. The number of rotatable bonds is 6. The molecule has 10 heteroatoms. The number of para-hydroxylation sites is 1. The Morgan fingerprint density at radius 1 is 0.927 bits per heavy atom. The van der Waals surface area contributed by atoms with E-state index >= 15 is 0 Å². The van der Waals surface area contributed by atoms with Crippen LogP contribution in [0.3, 0.4) is 0 Å². The largest absolute Gasteiger partial charge is 0.493 e. The molecule has 3 aromatic carbocycles. The minimum absolute atomic E-state index is 0.0414. The average molecular weight is 556 g/mol. The standard InChI is InChI=1S/C31H29N3O7/c1-37-25-11-18(12-26(38-2)30(25)39-3)29-28-20(19-6-4-5-7-21(19)32-28)13-22-31(36)33(15-27(35)34(22)29)14-17-8-9-23-24(10-17)41-16-40-23/h4-12,22,29,32H,13-16H2,1-3H3. The van der Waals surface area contributed by atoms with Crippen LogP contribution in [0.5, 0.6) is 28.7 Å². The van der Waals surface area contributed by atoms with Crippen LogP contribution < -0.4 is 23.7 Å². The lowest BCUT2D eigenvalue weighted by molar-refractivity contribution is -0.159. The molecular weight excluding hydrogens is 526 g/mol. The lowest BCUT2D eigenvalue weighted by Crippen LogP contribution is -2.62. The predicted octanol–water partition coefficient (Wildman–Crippen LogP) is 3.81. The number of nitrogens with zero attached hydrogens (tertiary/aromatic N) is 2. The molecule has 41 heavy (non-hydrogen) atoms. The van der Waals surface area contributed by atoms with Gasteiger partial charge in [-0.2, -0.15) is 0 Å². The number of carbonyl (C=O) groups is 2. The van der Waals surface area contributed by atoms with Crippen LogP contribution >= 0.6 is 0 Å². The van der Waals surface area contributed by atoms with Gasteiger partial charge in [0, 0.05) is 29.6 Å². The summed E-state index contributed by atoms with van der Waals surface area (Å²) in [7, 11) is 4.67. The normalized spacial score (nSPS) is 19.3. The molecule has 210 valence electrons. The molecule has 3 aliphatic rings. The van der Waals surface area contributed by atoms with Crippen LogP contribution in [0.1, 0.15) is 28.4 Å². The lowest BCUT2D eigenvalue weighted by atomic mass is 9.86. The molecule has 2 unspecified atom stereocenters. The first kappa shape index (κ1) is 25.1. The highest BCUT2D eigenvalue weighted by Gasteiger charge is 2.48. The second kappa shape index (κ2) is 9.65. The Morgan fingerprint density at radius 3 is 2.44 bits per heavy atom. The number of fused-ring (bicyclic) bond motifs is 5. The van der Waals surface area contributed by atoms with Crippen molar-refractivity contribution in [3.8, 4) is 28.7 Å². The van der Waals surface area contributed by atoms with Gasteiger partial charge in [0.05, 0.1) is 27.4 Å². The summed E-state index contributed by atoms with van der Waals surface area (Å²) in [4.78, 5) is 35.0. The van der Waals surface area contributed by atoms with Gasteiger partial charge in [0.15, 0.2) is 23.0 Å². The zero-order valence-corrected chi connectivity index (χ0v) is 22.9. The number of amides is 2. The molecule has 3 aliphatic heterocycles. The third kappa shape index (κ3) is 3.93. The van der Waals surface area contributed by atoms with Crippen LogP contribution in [-0.2, 0) is 22.6 Å². The molecule has 7 rings (SSSR count). The van der Waals surface area contributed by atoms with Crippen molar-refractivity contribution in [2.24, 2.45) is 0 Å². The summed E-state index contributed by atoms with van der Waals surface area (Å²) in [5.74, 6) is 2.48. The number of piperazine rings is 1. The van der Waals surface area contributed by atoms with Gasteiger partial charge in [0.25, 0.3) is 0 Å². The SMILES string of the molecule is COc1cc(C2c3[nH]c4ccccc4c3CC3C(=O)N(Cc4ccc5c(c4)OCO5)CC(=O)N32)cc(OC)c1OC. The zero-order valence-electron chi connectivity index (χ0n) is 22.9. The monoisotopic (exact) mass is 555 g/mol. The van der Waals surface area contributed by atoms with E-state index in [0.29, 0.717) is 41.7 Å². The van der Waals surface area contributed by atoms with E-state index in [0.717, 1.165) is 33.3 Å². The number of hydrogen-bond acceptors (Lipinski definition) is 7. The smallest absolute Gasteiger partial charge is 0.246 e. The fraction of sp³-hybridized carbons (Fsp3) is 0.290. The molecule has 0 spiro atoms. The van der Waals surface area contributed by atoms with Crippen molar-refractivity contribution >= 4 is 22.7 Å². The Labute approximate surface area is 236 Å². The molecule has 10 nitrogen and oxygen atoms in total. The number of benzene rings is 3.